The zero-order valence-corrected chi connectivity index (χ0v) is 11.7. The second kappa shape index (κ2) is 5.38. The van der Waals surface area contributed by atoms with E-state index in [-0.39, 0.29) is 6.10 Å². The molecule has 1 aliphatic rings. The van der Waals surface area contributed by atoms with Crippen LogP contribution in [0.3, 0.4) is 0 Å². The third kappa shape index (κ3) is 2.81. The highest BCUT2D eigenvalue weighted by Crippen LogP contribution is 2.29. The fraction of sp³-hybridized carbons (Fsp3) is 0.538. The van der Waals surface area contributed by atoms with E-state index in [1.54, 1.807) is 0 Å². The van der Waals surface area contributed by atoms with Crippen molar-refractivity contribution in [1.82, 2.24) is 0 Å². The van der Waals surface area contributed by atoms with Crippen LogP contribution >= 0.6 is 15.9 Å². The summed E-state index contributed by atoms with van der Waals surface area (Å²) in [6, 6.07) is 6.14. The summed E-state index contributed by atoms with van der Waals surface area (Å²) in [5, 5.41) is 9.96. The molecule has 0 spiro atoms. The maximum atomic E-state index is 9.96. The molecule has 0 aliphatic carbocycles. The lowest BCUT2D eigenvalue weighted by molar-refractivity contribution is 0.103. The van der Waals surface area contributed by atoms with E-state index in [0.717, 1.165) is 28.7 Å². The molecule has 2 atom stereocenters. The van der Waals surface area contributed by atoms with Gasteiger partial charge in [-0.2, -0.15) is 0 Å². The second-order valence-electron chi connectivity index (χ2n) is 4.76. The molecule has 3 nitrogen and oxygen atoms in total. The summed E-state index contributed by atoms with van der Waals surface area (Å²) in [5.74, 6) is 0.389. The normalized spacial score (nSPS) is 25.1. The number of hydrogen-bond donors (Lipinski definition) is 2. The Morgan fingerprint density at radius 3 is 2.94 bits per heavy atom. The maximum absolute atomic E-state index is 9.96. The lowest BCUT2D eigenvalue weighted by Gasteiger charge is -2.36. The minimum atomic E-state index is -0.242. The van der Waals surface area contributed by atoms with Gasteiger partial charge in [0.15, 0.2) is 0 Å². The van der Waals surface area contributed by atoms with Gasteiger partial charge in [-0.05, 0) is 30.0 Å². The predicted octanol–water partition coefficient (Wildman–Crippen LogP) is 2.11. The first-order chi connectivity index (χ1) is 8.11. The van der Waals surface area contributed by atoms with Crippen LogP contribution in [-0.4, -0.2) is 24.3 Å². The van der Waals surface area contributed by atoms with E-state index >= 15 is 0 Å². The van der Waals surface area contributed by atoms with Crippen molar-refractivity contribution in [2.24, 2.45) is 11.7 Å². The van der Waals surface area contributed by atoms with E-state index in [4.69, 9.17) is 5.73 Å². The lowest BCUT2D eigenvalue weighted by Crippen LogP contribution is -2.43. The Morgan fingerprint density at radius 2 is 2.29 bits per heavy atom. The molecule has 0 saturated carbocycles. The van der Waals surface area contributed by atoms with Crippen LogP contribution in [0.5, 0.6) is 0 Å². The Hall–Kier alpha value is -0.580. The largest absolute Gasteiger partial charge is 0.391 e. The standard InChI is InChI=1S/C13H19BrN2O/c1-9-4-5-16(8-13(9)17)12-6-11(14)3-2-10(12)7-15/h2-3,6,9,13,17H,4-5,7-8,15H2,1H3. The van der Waals surface area contributed by atoms with Gasteiger partial charge in [-0.25, -0.2) is 0 Å². The van der Waals surface area contributed by atoms with E-state index in [1.165, 1.54) is 0 Å². The Balaban J connectivity index is 2.24. The highest BCUT2D eigenvalue weighted by atomic mass is 79.9. The van der Waals surface area contributed by atoms with Gasteiger partial charge in [-0.15, -0.1) is 0 Å². The lowest BCUT2D eigenvalue weighted by atomic mass is 9.95. The van der Waals surface area contributed by atoms with Gasteiger partial charge < -0.3 is 15.7 Å². The number of hydrogen-bond acceptors (Lipinski definition) is 3. The average Bonchev–Trinajstić information content (AvgIpc) is 2.32. The van der Waals surface area contributed by atoms with Crippen molar-refractivity contribution in [3.63, 3.8) is 0 Å². The SMILES string of the molecule is CC1CCN(c2cc(Br)ccc2CN)CC1O. The molecule has 17 heavy (non-hydrogen) atoms. The first-order valence-electron chi connectivity index (χ1n) is 6.03. The van der Waals surface area contributed by atoms with Crippen molar-refractivity contribution in [3.8, 4) is 0 Å². The number of nitrogens with two attached hydrogens (primary N) is 1. The van der Waals surface area contributed by atoms with Crippen molar-refractivity contribution in [2.45, 2.75) is 26.0 Å². The number of rotatable bonds is 2. The van der Waals surface area contributed by atoms with E-state index in [0.29, 0.717) is 19.0 Å². The quantitative estimate of drug-likeness (QED) is 0.879. The van der Waals surface area contributed by atoms with Gasteiger partial charge in [0.05, 0.1) is 6.10 Å². The minimum Gasteiger partial charge on any atom is -0.391 e. The molecule has 1 aromatic rings. The molecule has 1 saturated heterocycles. The fourth-order valence-electron chi connectivity index (χ4n) is 2.27. The van der Waals surface area contributed by atoms with Crippen LogP contribution in [0.4, 0.5) is 5.69 Å². The number of benzene rings is 1. The summed E-state index contributed by atoms with van der Waals surface area (Å²) in [4.78, 5) is 2.23. The average molecular weight is 299 g/mol. The molecular weight excluding hydrogens is 280 g/mol. The van der Waals surface area contributed by atoms with Crippen LogP contribution in [0.1, 0.15) is 18.9 Å². The van der Waals surface area contributed by atoms with Crippen molar-refractivity contribution in [3.05, 3.63) is 28.2 Å². The van der Waals surface area contributed by atoms with Crippen LogP contribution in [0.25, 0.3) is 0 Å². The molecule has 0 amide bonds. The van der Waals surface area contributed by atoms with Gasteiger partial charge in [0, 0.05) is 29.8 Å². The van der Waals surface area contributed by atoms with E-state index in [1.807, 2.05) is 12.1 Å². The van der Waals surface area contributed by atoms with Crippen molar-refractivity contribution >= 4 is 21.6 Å². The maximum Gasteiger partial charge on any atom is 0.0741 e. The Labute approximate surface area is 111 Å². The summed E-state index contributed by atoms with van der Waals surface area (Å²) >= 11 is 3.49. The monoisotopic (exact) mass is 298 g/mol. The number of β-amino-alcohol motifs (C(OH)–C–C–N with tert-alkyl or cyclic N) is 1. The molecule has 2 rings (SSSR count). The summed E-state index contributed by atoms with van der Waals surface area (Å²) in [5.41, 5.74) is 8.05. The Morgan fingerprint density at radius 1 is 1.53 bits per heavy atom. The molecule has 1 aliphatic heterocycles. The molecule has 94 valence electrons. The van der Waals surface area contributed by atoms with E-state index in [9.17, 15) is 5.11 Å². The second-order valence-corrected chi connectivity index (χ2v) is 5.67. The molecule has 3 N–H and O–H groups in total. The number of halogens is 1. The van der Waals surface area contributed by atoms with E-state index < -0.39 is 0 Å². The predicted molar refractivity (Wildman–Crippen MR) is 74.0 cm³/mol. The fourth-order valence-corrected chi connectivity index (χ4v) is 2.62. The Bertz CT molecular complexity index is 397. The van der Waals surface area contributed by atoms with Gasteiger partial charge in [-0.3, -0.25) is 0 Å². The molecule has 0 radical (unpaired) electrons. The Kier molecular flexibility index (Phi) is 4.07. The molecule has 1 heterocycles. The summed E-state index contributed by atoms with van der Waals surface area (Å²) in [6.45, 7) is 4.32. The van der Waals surface area contributed by atoms with Crippen molar-refractivity contribution in [1.29, 1.82) is 0 Å². The first-order valence-corrected chi connectivity index (χ1v) is 6.82. The van der Waals surface area contributed by atoms with Crippen molar-refractivity contribution in [2.75, 3.05) is 18.0 Å². The number of nitrogens with zero attached hydrogens (tertiary/aromatic N) is 1. The summed E-state index contributed by atoms with van der Waals surface area (Å²) in [7, 11) is 0. The number of anilines is 1. The van der Waals surface area contributed by atoms with Crippen molar-refractivity contribution < 1.29 is 5.11 Å². The molecule has 0 aromatic heterocycles. The summed E-state index contributed by atoms with van der Waals surface area (Å²) < 4.78 is 1.05. The van der Waals surface area contributed by atoms with Crippen LogP contribution in [0.15, 0.2) is 22.7 Å². The van der Waals surface area contributed by atoms with Crippen LogP contribution in [0.2, 0.25) is 0 Å². The van der Waals surface area contributed by atoms with Crippen LogP contribution in [0, 0.1) is 5.92 Å². The van der Waals surface area contributed by atoms with Gasteiger partial charge >= 0.3 is 0 Å². The van der Waals surface area contributed by atoms with Gasteiger partial charge in [-0.1, -0.05) is 28.9 Å². The zero-order valence-electron chi connectivity index (χ0n) is 10.1. The highest BCUT2D eigenvalue weighted by Gasteiger charge is 2.25. The van der Waals surface area contributed by atoms with Gasteiger partial charge in [0.1, 0.15) is 0 Å². The molecular formula is C13H19BrN2O. The molecule has 1 fully saturated rings. The minimum absolute atomic E-state index is 0.242. The molecule has 2 unspecified atom stereocenters. The van der Waals surface area contributed by atoms with E-state index in [2.05, 4.69) is 33.8 Å². The van der Waals surface area contributed by atoms with Gasteiger partial charge in [0.25, 0.3) is 0 Å². The number of aliphatic hydroxyl groups is 1. The first kappa shape index (κ1) is 12.9. The van der Waals surface area contributed by atoms with Gasteiger partial charge in [0.2, 0.25) is 0 Å². The van der Waals surface area contributed by atoms with Crippen LogP contribution < -0.4 is 10.6 Å². The molecule has 1 aromatic carbocycles. The molecule has 0 bridgehead atoms. The molecule has 4 heteroatoms. The third-order valence-electron chi connectivity index (χ3n) is 3.53. The highest BCUT2D eigenvalue weighted by molar-refractivity contribution is 9.10. The summed E-state index contributed by atoms with van der Waals surface area (Å²) in [6.07, 6.45) is 0.783. The third-order valence-corrected chi connectivity index (χ3v) is 4.02. The topological polar surface area (TPSA) is 49.5 Å². The number of piperidine rings is 1. The smallest absolute Gasteiger partial charge is 0.0741 e. The van der Waals surface area contributed by atoms with Crippen LogP contribution in [-0.2, 0) is 6.54 Å². The number of aliphatic hydroxyl groups excluding tert-OH is 1. The zero-order chi connectivity index (χ0) is 12.4.